The number of aromatic nitrogens is 1. The van der Waals surface area contributed by atoms with Crippen molar-refractivity contribution < 1.29 is 4.79 Å². The van der Waals surface area contributed by atoms with Gasteiger partial charge in [0.15, 0.2) is 0 Å². The summed E-state index contributed by atoms with van der Waals surface area (Å²) in [6.07, 6.45) is 5.20. The lowest BCUT2D eigenvalue weighted by Gasteiger charge is -2.30. The third-order valence-corrected chi connectivity index (χ3v) is 3.44. The standard InChI is InChI=1S/C14H21N3O/c1-11-13(6-4-10-15-11)17-14(18)8-7-12-5-2-3-9-16-12/h2-3,5,9,11,13,15H,4,6-8,10H2,1H3,(H,17,18). The molecule has 2 rings (SSSR count). The average molecular weight is 247 g/mol. The Morgan fingerprint density at radius 3 is 3.17 bits per heavy atom. The molecular weight excluding hydrogens is 226 g/mol. The van der Waals surface area contributed by atoms with Crippen LogP contribution in [0.1, 0.15) is 31.9 Å². The van der Waals surface area contributed by atoms with E-state index in [0.29, 0.717) is 18.9 Å². The SMILES string of the molecule is CC1NCCCC1NC(=O)CCc1ccccn1. The first-order valence-electron chi connectivity index (χ1n) is 6.68. The fourth-order valence-corrected chi connectivity index (χ4v) is 2.31. The molecule has 4 nitrogen and oxygen atoms in total. The molecule has 18 heavy (non-hydrogen) atoms. The van der Waals surface area contributed by atoms with Crippen LogP contribution in [0, 0.1) is 0 Å². The first-order valence-corrected chi connectivity index (χ1v) is 6.68. The molecule has 1 aromatic rings. The van der Waals surface area contributed by atoms with E-state index in [1.54, 1.807) is 6.20 Å². The smallest absolute Gasteiger partial charge is 0.220 e. The number of hydrogen-bond donors (Lipinski definition) is 2. The Morgan fingerprint density at radius 2 is 2.44 bits per heavy atom. The minimum Gasteiger partial charge on any atom is -0.352 e. The first-order chi connectivity index (χ1) is 8.75. The summed E-state index contributed by atoms with van der Waals surface area (Å²) in [6, 6.07) is 6.44. The van der Waals surface area contributed by atoms with E-state index in [-0.39, 0.29) is 11.9 Å². The van der Waals surface area contributed by atoms with Crippen LogP contribution in [0.3, 0.4) is 0 Å². The van der Waals surface area contributed by atoms with Gasteiger partial charge < -0.3 is 10.6 Å². The minimum atomic E-state index is 0.126. The highest BCUT2D eigenvalue weighted by Crippen LogP contribution is 2.08. The van der Waals surface area contributed by atoms with Crippen LogP contribution < -0.4 is 10.6 Å². The van der Waals surface area contributed by atoms with Crippen molar-refractivity contribution in [3.05, 3.63) is 30.1 Å². The Morgan fingerprint density at radius 1 is 1.56 bits per heavy atom. The highest BCUT2D eigenvalue weighted by molar-refractivity contribution is 5.76. The normalized spacial score (nSPS) is 23.6. The minimum absolute atomic E-state index is 0.126. The predicted octanol–water partition coefficient (Wildman–Crippen LogP) is 1.27. The molecule has 2 atom stereocenters. The molecule has 0 aliphatic carbocycles. The molecule has 1 saturated heterocycles. The van der Waals surface area contributed by atoms with Crippen molar-refractivity contribution in [3.63, 3.8) is 0 Å². The second kappa shape index (κ2) is 6.50. The topological polar surface area (TPSA) is 54.0 Å². The molecule has 0 spiro atoms. The summed E-state index contributed by atoms with van der Waals surface area (Å²) >= 11 is 0. The highest BCUT2D eigenvalue weighted by atomic mass is 16.1. The summed E-state index contributed by atoms with van der Waals surface area (Å²) < 4.78 is 0. The van der Waals surface area contributed by atoms with Crippen LogP contribution in [0.25, 0.3) is 0 Å². The maximum Gasteiger partial charge on any atom is 0.220 e. The maximum absolute atomic E-state index is 11.9. The molecule has 4 heteroatoms. The average Bonchev–Trinajstić information content (AvgIpc) is 2.40. The number of aryl methyl sites for hydroxylation is 1. The molecule has 2 heterocycles. The van der Waals surface area contributed by atoms with Crippen LogP contribution in [0.15, 0.2) is 24.4 Å². The fourth-order valence-electron chi connectivity index (χ4n) is 2.31. The summed E-state index contributed by atoms with van der Waals surface area (Å²) in [6.45, 7) is 3.18. The number of nitrogens with one attached hydrogen (secondary N) is 2. The van der Waals surface area contributed by atoms with E-state index in [1.807, 2.05) is 18.2 Å². The van der Waals surface area contributed by atoms with Crippen molar-refractivity contribution in [2.75, 3.05) is 6.54 Å². The monoisotopic (exact) mass is 247 g/mol. The summed E-state index contributed by atoms with van der Waals surface area (Å²) in [5, 5.41) is 6.49. The zero-order valence-corrected chi connectivity index (χ0v) is 10.9. The second-order valence-electron chi connectivity index (χ2n) is 4.88. The number of pyridine rings is 1. The zero-order valence-electron chi connectivity index (χ0n) is 10.9. The Balaban J connectivity index is 1.75. The van der Waals surface area contributed by atoms with Gasteiger partial charge in [-0.15, -0.1) is 0 Å². The quantitative estimate of drug-likeness (QED) is 0.842. The van der Waals surface area contributed by atoms with E-state index in [4.69, 9.17) is 0 Å². The van der Waals surface area contributed by atoms with E-state index >= 15 is 0 Å². The Bertz CT molecular complexity index is 380. The van der Waals surface area contributed by atoms with Crippen LogP contribution in [-0.4, -0.2) is 29.5 Å². The van der Waals surface area contributed by atoms with Gasteiger partial charge in [-0.2, -0.15) is 0 Å². The van der Waals surface area contributed by atoms with Gasteiger partial charge in [0.05, 0.1) is 0 Å². The zero-order chi connectivity index (χ0) is 12.8. The number of piperidine rings is 1. The highest BCUT2D eigenvalue weighted by Gasteiger charge is 2.21. The molecule has 2 unspecified atom stereocenters. The molecule has 1 aliphatic heterocycles. The second-order valence-corrected chi connectivity index (χ2v) is 4.88. The van der Waals surface area contributed by atoms with Crippen LogP contribution >= 0.6 is 0 Å². The van der Waals surface area contributed by atoms with Crippen molar-refractivity contribution in [3.8, 4) is 0 Å². The lowest BCUT2D eigenvalue weighted by atomic mass is 9.99. The number of hydrogen-bond acceptors (Lipinski definition) is 3. The van der Waals surface area contributed by atoms with E-state index in [9.17, 15) is 4.79 Å². The Hall–Kier alpha value is -1.42. The summed E-state index contributed by atoms with van der Waals surface area (Å²) in [7, 11) is 0. The third kappa shape index (κ3) is 3.81. The van der Waals surface area contributed by atoms with Crippen LogP contribution in [-0.2, 0) is 11.2 Å². The van der Waals surface area contributed by atoms with Crippen LogP contribution in [0.2, 0.25) is 0 Å². The predicted molar refractivity (Wildman–Crippen MR) is 71.2 cm³/mol. The maximum atomic E-state index is 11.9. The Labute approximate surface area is 108 Å². The van der Waals surface area contributed by atoms with Gasteiger partial charge in [-0.05, 0) is 44.9 Å². The van der Waals surface area contributed by atoms with Crippen LogP contribution in [0.4, 0.5) is 0 Å². The Kier molecular flexibility index (Phi) is 4.70. The van der Waals surface area contributed by atoms with E-state index in [2.05, 4.69) is 22.5 Å². The van der Waals surface area contributed by atoms with Gasteiger partial charge in [0.1, 0.15) is 0 Å². The molecule has 0 aromatic carbocycles. The van der Waals surface area contributed by atoms with Crippen LogP contribution in [0.5, 0.6) is 0 Å². The van der Waals surface area contributed by atoms with Gasteiger partial charge in [-0.3, -0.25) is 9.78 Å². The molecule has 1 fully saturated rings. The van der Waals surface area contributed by atoms with Gasteiger partial charge in [0, 0.05) is 30.4 Å². The summed E-state index contributed by atoms with van der Waals surface area (Å²) in [5.41, 5.74) is 0.975. The molecule has 0 saturated carbocycles. The van der Waals surface area contributed by atoms with Gasteiger partial charge in [0.2, 0.25) is 5.91 Å². The van der Waals surface area contributed by atoms with E-state index in [0.717, 1.165) is 25.1 Å². The fraction of sp³-hybridized carbons (Fsp3) is 0.571. The number of amides is 1. The first kappa shape index (κ1) is 13.0. The van der Waals surface area contributed by atoms with Crippen molar-refractivity contribution >= 4 is 5.91 Å². The largest absolute Gasteiger partial charge is 0.352 e. The molecule has 98 valence electrons. The third-order valence-electron chi connectivity index (χ3n) is 3.44. The molecule has 1 aliphatic rings. The number of nitrogens with zero attached hydrogens (tertiary/aromatic N) is 1. The molecule has 0 radical (unpaired) electrons. The molecule has 1 amide bonds. The lowest BCUT2D eigenvalue weighted by molar-refractivity contribution is -0.122. The van der Waals surface area contributed by atoms with Crippen molar-refractivity contribution in [2.45, 2.75) is 44.7 Å². The molecule has 1 aromatic heterocycles. The van der Waals surface area contributed by atoms with Gasteiger partial charge in [0.25, 0.3) is 0 Å². The lowest BCUT2D eigenvalue weighted by Crippen LogP contribution is -2.51. The molecule has 0 bridgehead atoms. The number of carbonyl (C=O) groups is 1. The van der Waals surface area contributed by atoms with Crippen molar-refractivity contribution in [2.24, 2.45) is 0 Å². The number of rotatable bonds is 4. The summed E-state index contributed by atoms with van der Waals surface area (Å²) in [4.78, 5) is 16.1. The summed E-state index contributed by atoms with van der Waals surface area (Å²) in [5.74, 6) is 0.126. The van der Waals surface area contributed by atoms with Gasteiger partial charge >= 0.3 is 0 Å². The van der Waals surface area contributed by atoms with Crippen molar-refractivity contribution in [1.82, 2.24) is 15.6 Å². The van der Waals surface area contributed by atoms with E-state index in [1.165, 1.54) is 0 Å². The molecular formula is C14H21N3O. The van der Waals surface area contributed by atoms with Gasteiger partial charge in [-0.25, -0.2) is 0 Å². The number of carbonyl (C=O) groups excluding carboxylic acids is 1. The van der Waals surface area contributed by atoms with Crippen molar-refractivity contribution in [1.29, 1.82) is 0 Å². The molecule has 2 N–H and O–H groups in total. The van der Waals surface area contributed by atoms with Gasteiger partial charge in [-0.1, -0.05) is 6.07 Å². The van der Waals surface area contributed by atoms with E-state index < -0.39 is 0 Å².